The van der Waals surface area contributed by atoms with Crippen LogP contribution in [0.2, 0.25) is 0 Å². The number of hydrogen-bond acceptors (Lipinski definition) is 4. The fraction of sp³-hybridized carbons (Fsp3) is 0.400. The van der Waals surface area contributed by atoms with E-state index in [0.29, 0.717) is 17.9 Å². The Kier molecular flexibility index (Phi) is 5.25. The average molecular weight is 344 g/mol. The molecule has 2 aromatic carbocycles. The Morgan fingerprint density at radius 1 is 1.20 bits per heavy atom. The SMILES string of the molecule is COc1cc2c(cc1OC)[C@H]([C@H](C)N)N(Cc1ccccc1F)CC2. The van der Waals surface area contributed by atoms with Crippen molar-refractivity contribution in [3.05, 3.63) is 58.9 Å². The van der Waals surface area contributed by atoms with Gasteiger partial charge >= 0.3 is 0 Å². The van der Waals surface area contributed by atoms with Crippen molar-refractivity contribution in [2.75, 3.05) is 20.8 Å². The fourth-order valence-electron chi connectivity index (χ4n) is 3.67. The van der Waals surface area contributed by atoms with Crippen molar-refractivity contribution in [1.29, 1.82) is 0 Å². The molecule has 0 saturated carbocycles. The number of nitrogens with zero attached hydrogens (tertiary/aromatic N) is 1. The summed E-state index contributed by atoms with van der Waals surface area (Å²) in [5, 5.41) is 0. The summed E-state index contributed by atoms with van der Waals surface area (Å²) < 4.78 is 25.0. The highest BCUT2D eigenvalue weighted by Crippen LogP contribution is 2.39. The first-order chi connectivity index (χ1) is 12.0. The van der Waals surface area contributed by atoms with E-state index in [1.54, 1.807) is 20.3 Å². The molecular weight excluding hydrogens is 319 g/mol. The number of fused-ring (bicyclic) bond motifs is 1. The molecule has 0 fully saturated rings. The van der Waals surface area contributed by atoms with Gasteiger partial charge < -0.3 is 15.2 Å². The van der Waals surface area contributed by atoms with Gasteiger partial charge in [0.05, 0.1) is 20.3 Å². The van der Waals surface area contributed by atoms with Gasteiger partial charge in [0.15, 0.2) is 11.5 Å². The molecule has 0 amide bonds. The summed E-state index contributed by atoms with van der Waals surface area (Å²) in [6.07, 6.45) is 0.868. The third-order valence-corrected chi connectivity index (χ3v) is 4.86. The van der Waals surface area contributed by atoms with Crippen LogP contribution in [0.1, 0.15) is 29.7 Å². The highest BCUT2D eigenvalue weighted by Gasteiger charge is 2.31. The molecule has 0 radical (unpaired) electrons. The van der Waals surface area contributed by atoms with Gasteiger partial charge in [-0.3, -0.25) is 4.90 Å². The van der Waals surface area contributed by atoms with Crippen LogP contribution in [0.4, 0.5) is 4.39 Å². The number of hydrogen-bond donors (Lipinski definition) is 1. The highest BCUT2D eigenvalue weighted by atomic mass is 19.1. The number of nitrogens with two attached hydrogens (primary N) is 1. The minimum atomic E-state index is -0.177. The maximum atomic E-state index is 14.1. The lowest BCUT2D eigenvalue weighted by Crippen LogP contribution is -2.43. The van der Waals surface area contributed by atoms with E-state index in [1.807, 2.05) is 31.2 Å². The van der Waals surface area contributed by atoms with E-state index in [2.05, 4.69) is 4.90 Å². The second-order valence-electron chi connectivity index (χ2n) is 6.52. The third-order valence-electron chi connectivity index (χ3n) is 4.86. The summed E-state index contributed by atoms with van der Waals surface area (Å²) in [6.45, 7) is 3.35. The molecule has 0 aromatic heterocycles. The lowest BCUT2D eigenvalue weighted by molar-refractivity contribution is 0.154. The summed E-state index contributed by atoms with van der Waals surface area (Å²) in [7, 11) is 3.27. The van der Waals surface area contributed by atoms with Crippen molar-refractivity contribution in [2.45, 2.75) is 32.0 Å². The molecule has 0 saturated heterocycles. The monoisotopic (exact) mass is 344 g/mol. The summed E-state index contributed by atoms with van der Waals surface area (Å²) in [5.41, 5.74) is 9.36. The minimum absolute atomic E-state index is 0.00293. The second kappa shape index (κ2) is 7.42. The van der Waals surface area contributed by atoms with Crippen molar-refractivity contribution in [3.63, 3.8) is 0 Å². The van der Waals surface area contributed by atoms with Crippen molar-refractivity contribution in [2.24, 2.45) is 5.73 Å². The van der Waals surface area contributed by atoms with Gasteiger partial charge in [0.25, 0.3) is 0 Å². The van der Waals surface area contributed by atoms with Gasteiger partial charge in [-0.25, -0.2) is 4.39 Å². The van der Waals surface area contributed by atoms with Gasteiger partial charge in [-0.15, -0.1) is 0 Å². The molecule has 134 valence electrons. The zero-order chi connectivity index (χ0) is 18.0. The molecule has 0 unspecified atom stereocenters. The van der Waals surface area contributed by atoms with Gasteiger partial charge in [-0.1, -0.05) is 18.2 Å². The lowest BCUT2D eigenvalue weighted by Gasteiger charge is -2.40. The van der Waals surface area contributed by atoms with Crippen molar-refractivity contribution >= 4 is 0 Å². The van der Waals surface area contributed by atoms with Crippen LogP contribution in [0.3, 0.4) is 0 Å². The summed E-state index contributed by atoms with van der Waals surface area (Å²) in [6, 6.07) is 10.9. The Bertz CT molecular complexity index is 748. The average Bonchev–Trinajstić information content (AvgIpc) is 2.61. The predicted molar refractivity (Wildman–Crippen MR) is 96.5 cm³/mol. The van der Waals surface area contributed by atoms with Crippen LogP contribution in [-0.4, -0.2) is 31.7 Å². The quantitative estimate of drug-likeness (QED) is 0.904. The van der Waals surface area contributed by atoms with Crippen LogP contribution in [0, 0.1) is 5.82 Å². The van der Waals surface area contributed by atoms with Crippen LogP contribution in [0.5, 0.6) is 11.5 Å². The molecule has 25 heavy (non-hydrogen) atoms. The topological polar surface area (TPSA) is 47.7 Å². The molecule has 3 rings (SSSR count). The maximum absolute atomic E-state index is 14.1. The minimum Gasteiger partial charge on any atom is -0.493 e. The summed E-state index contributed by atoms with van der Waals surface area (Å²) in [5.74, 6) is 1.25. The first-order valence-corrected chi connectivity index (χ1v) is 8.53. The molecule has 2 N–H and O–H groups in total. The lowest BCUT2D eigenvalue weighted by atomic mass is 9.88. The number of methoxy groups -OCH3 is 2. The normalized spacial score (nSPS) is 18.5. The fourth-order valence-corrected chi connectivity index (χ4v) is 3.67. The number of rotatable bonds is 5. The van der Waals surface area contributed by atoms with Gasteiger partial charge in [-0.05, 0) is 42.7 Å². The van der Waals surface area contributed by atoms with Gasteiger partial charge in [0.2, 0.25) is 0 Å². The van der Waals surface area contributed by atoms with E-state index < -0.39 is 0 Å². The first-order valence-electron chi connectivity index (χ1n) is 8.53. The van der Waals surface area contributed by atoms with Crippen molar-refractivity contribution < 1.29 is 13.9 Å². The van der Waals surface area contributed by atoms with Crippen LogP contribution >= 0.6 is 0 Å². The molecule has 5 heteroatoms. The molecule has 4 nitrogen and oxygen atoms in total. The molecule has 2 aromatic rings. The summed E-state index contributed by atoms with van der Waals surface area (Å²) >= 11 is 0. The van der Waals surface area contributed by atoms with Crippen molar-refractivity contribution in [3.8, 4) is 11.5 Å². The molecule has 0 spiro atoms. The zero-order valence-corrected chi connectivity index (χ0v) is 15.0. The molecule has 1 aliphatic heterocycles. The van der Waals surface area contributed by atoms with E-state index in [-0.39, 0.29) is 17.9 Å². The Labute approximate surface area is 148 Å². The molecular formula is C20H25FN2O2. The summed E-state index contributed by atoms with van der Waals surface area (Å²) in [4.78, 5) is 2.25. The van der Waals surface area contributed by atoms with E-state index in [4.69, 9.17) is 15.2 Å². The number of halogens is 1. The number of ether oxygens (including phenoxy) is 2. The smallest absolute Gasteiger partial charge is 0.161 e. The molecule has 0 aliphatic carbocycles. The molecule has 1 heterocycles. The van der Waals surface area contributed by atoms with E-state index in [1.165, 1.54) is 11.6 Å². The second-order valence-corrected chi connectivity index (χ2v) is 6.52. The zero-order valence-electron chi connectivity index (χ0n) is 15.0. The van der Waals surface area contributed by atoms with Gasteiger partial charge in [-0.2, -0.15) is 0 Å². The molecule has 2 atom stereocenters. The third kappa shape index (κ3) is 3.48. The van der Waals surface area contributed by atoms with E-state index in [9.17, 15) is 4.39 Å². The Balaban J connectivity index is 1.98. The standard InChI is InChI=1S/C20H25FN2O2/c1-13(22)20-16-11-19(25-3)18(24-2)10-14(16)8-9-23(20)12-15-6-4-5-7-17(15)21/h4-7,10-11,13,20H,8-9,12,22H2,1-3H3/t13-,20-/m0/s1. The largest absolute Gasteiger partial charge is 0.493 e. The maximum Gasteiger partial charge on any atom is 0.161 e. The Morgan fingerprint density at radius 2 is 1.88 bits per heavy atom. The Hall–Kier alpha value is -2.11. The van der Waals surface area contributed by atoms with Crippen molar-refractivity contribution in [1.82, 2.24) is 4.90 Å². The van der Waals surface area contributed by atoms with E-state index >= 15 is 0 Å². The van der Waals surface area contributed by atoms with Crippen LogP contribution in [0.25, 0.3) is 0 Å². The van der Waals surface area contributed by atoms with Crippen LogP contribution in [0.15, 0.2) is 36.4 Å². The van der Waals surface area contributed by atoms with Crippen LogP contribution < -0.4 is 15.2 Å². The first kappa shape index (κ1) is 17.7. The Morgan fingerprint density at radius 3 is 2.52 bits per heavy atom. The number of benzene rings is 2. The van der Waals surface area contributed by atoms with Gasteiger partial charge in [0.1, 0.15) is 5.82 Å². The van der Waals surface area contributed by atoms with Crippen LogP contribution in [-0.2, 0) is 13.0 Å². The van der Waals surface area contributed by atoms with E-state index in [0.717, 1.165) is 24.3 Å². The highest BCUT2D eigenvalue weighted by molar-refractivity contribution is 5.49. The molecule has 0 bridgehead atoms. The van der Waals surface area contributed by atoms with Gasteiger partial charge in [0, 0.05) is 24.7 Å². The molecule has 1 aliphatic rings. The predicted octanol–water partition coefficient (Wildman–Crippen LogP) is 3.29.